The van der Waals surface area contributed by atoms with Crippen LogP contribution in [0.2, 0.25) is 0 Å². The average Bonchev–Trinajstić information content (AvgIpc) is 2.72. The van der Waals surface area contributed by atoms with E-state index in [2.05, 4.69) is 4.98 Å². The summed E-state index contributed by atoms with van der Waals surface area (Å²) in [6.45, 7) is 1.54. The van der Waals surface area contributed by atoms with Gasteiger partial charge in [0.1, 0.15) is 10.8 Å². The lowest BCUT2D eigenvalue weighted by molar-refractivity contribution is -0.115. The summed E-state index contributed by atoms with van der Waals surface area (Å²) in [4.78, 5) is 17.3. The van der Waals surface area contributed by atoms with Crippen LogP contribution in [0.4, 0.5) is 10.8 Å². The maximum absolute atomic E-state index is 11.5. The standard InChI is InChI=1S/C11H10N2OS/c1-9(14)13(11-6-4-8-15-11)10-5-2-3-7-12-10/h2-8H,1H3. The molecule has 0 aliphatic rings. The van der Waals surface area contributed by atoms with Gasteiger partial charge in [-0.05, 0) is 29.6 Å². The van der Waals surface area contributed by atoms with Crippen LogP contribution in [0, 0.1) is 0 Å². The maximum Gasteiger partial charge on any atom is 0.230 e. The summed E-state index contributed by atoms with van der Waals surface area (Å²) < 4.78 is 0. The van der Waals surface area contributed by atoms with Crippen LogP contribution in [-0.4, -0.2) is 10.9 Å². The number of hydrogen-bond donors (Lipinski definition) is 0. The third-order valence-corrected chi connectivity index (χ3v) is 2.77. The number of rotatable bonds is 2. The fourth-order valence-corrected chi connectivity index (χ4v) is 2.09. The predicted octanol–water partition coefficient (Wildman–Crippen LogP) is 2.83. The van der Waals surface area contributed by atoms with Crippen LogP contribution < -0.4 is 4.90 Å². The molecule has 0 spiro atoms. The molecule has 2 aromatic heterocycles. The van der Waals surface area contributed by atoms with E-state index >= 15 is 0 Å². The van der Waals surface area contributed by atoms with Crippen LogP contribution >= 0.6 is 11.3 Å². The molecule has 2 aromatic rings. The number of thiophene rings is 1. The van der Waals surface area contributed by atoms with E-state index in [9.17, 15) is 4.79 Å². The molecule has 2 rings (SSSR count). The first-order valence-electron chi connectivity index (χ1n) is 4.54. The van der Waals surface area contributed by atoms with Gasteiger partial charge in [-0.1, -0.05) is 6.07 Å². The molecule has 0 aliphatic carbocycles. The molecule has 0 atom stereocenters. The van der Waals surface area contributed by atoms with Gasteiger partial charge in [0.25, 0.3) is 0 Å². The van der Waals surface area contributed by atoms with E-state index in [0.717, 1.165) is 5.00 Å². The fourth-order valence-electron chi connectivity index (χ4n) is 1.31. The Balaban J connectivity index is 2.42. The van der Waals surface area contributed by atoms with Gasteiger partial charge >= 0.3 is 0 Å². The van der Waals surface area contributed by atoms with Crippen molar-refractivity contribution in [2.45, 2.75) is 6.92 Å². The number of aromatic nitrogens is 1. The van der Waals surface area contributed by atoms with Crippen LogP contribution in [-0.2, 0) is 4.79 Å². The number of anilines is 2. The van der Waals surface area contributed by atoms with Gasteiger partial charge in [-0.25, -0.2) is 4.98 Å². The summed E-state index contributed by atoms with van der Waals surface area (Å²) in [7, 11) is 0. The molecule has 0 unspecified atom stereocenters. The molecule has 0 radical (unpaired) electrons. The molecular weight excluding hydrogens is 208 g/mol. The Morgan fingerprint density at radius 1 is 1.33 bits per heavy atom. The number of carbonyl (C=O) groups excluding carboxylic acids is 1. The number of nitrogens with zero attached hydrogens (tertiary/aromatic N) is 2. The zero-order chi connectivity index (χ0) is 10.7. The Morgan fingerprint density at radius 3 is 2.73 bits per heavy atom. The van der Waals surface area contributed by atoms with E-state index in [4.69, 9.17) is 0 Å². The molecule has 15 heavy (non-hydrogen) atoms. The molecule has 0 aromatic carbocycles. The molecule has 0 saturated heterocycles. The minimum absolute atomic E-state index is 0.0313. The summed E-state index contributed by atoms with van der Waals surface area (Å²) in [5.41, 5.74) is 0. The molecule has 4 heteroatoms. The van der Waals surface area contributed by atoms with E-state index in [0.29, 0.717) is 5.82 Å². The maximum atomic E-state index is 11.5. The first-order valence-corrected chi connectivity index (χ1v) is 5.42. The Hall–Kier alpha value is -1.68. The monoisotopic (exact) mass is 218 g/mol. The zero-order valence-electron chi connectivity index (χ0n) is 8.25. The van der Waals surface area contributed by atoms with Crippen LogP contribution in [0.3, 0.4) is 0 Å². The van der Waals surface area contributed by atoms with Crippen molar-refractivity contribution in [1.82, 2.24) is 4.98 Å². The van der Waals surface area contributed by atoms with Crippen molar-refractivity contribution < 1.29 is 4.79 Å². The summed E-state index contributed by atoms with van der Waals surface area (Å²) in [5, 5.41) is 2.83. The third kappa shape index (κ3) is 2.05. The van der Waals surface area contributed by atoms with Crippen LogP contribution in [0.25, 0.3) is 0 Å². The van der Waals surface area contributed by atoms with Crippen molar-refractivity contribution >= 4 is 28.1 Å². The van der Waals surface area contributed by atoms with Crippen molar-refractivity contribution in [3.8, 4) is 0 Å². The largest absolute Gasteiger partial charge is 0.274 e. The van der Waals surface area contributed by atoms with Crippen molar-refractivity contribution in [2.24, 2.45) is 0 Å². The minimum Gasteiger partial charge on any atom is -0.274 e. The minimum atomic E-state index is -0.0313. The van der Waals surface area contributed by atoms with Gasteiger partial charge in [0.15, 0.2) is 0 Å². The fraction of sp³-hybridized carbons (Fsp3) is 0.0909. The van der Waals surface area contributed by atoms with Crippen molar-refractivity contribution in [3.63, 3.8) is 0 Å². The van der Waals surface area contributed by atoms with Crippen LogP contribution in [0.15, 0.2) is 41.9 Å². The van der Waals surface area contributed by atoms with Crippen molar-refractivity contribution in [3.05, 3.63) is 41.9 Å². The number of amides is 1. The summed E-state index contributed by atoms with van der Waals surface area (Å²) in [5.74, 6) is 0.628. The highest BCUT2D eigenvalue weighted by Gasteiger charge is 2.15. The second kappa shape index (κ2) is 4.23. The lowest BCUT2D eigenvalue weighted by Crippen LogP contribution is -2.22. The summed E-state index contributed by atoms with van der Waals surface area (Å²) >= 11 is 1.52. The topological polar surface area (TPSA) is 33.2 Å². The predicted molar refractivity (Wildman–Crippen MR) is 61.4 cm³/mol. The van der Waals surface area contributed by atoms with Gasteiger partial charge in [-0.15, -0.1) is 11.3 Å². The van der Waals surface area contributed by atoms with Gasteiger partial charge in [0, 0.05) is 13.1 Å². The Kier molecular flexibility index (Phi) is 2.78. The Labute approximate surface area is 92.0 Å². The van der Waals surface area contributed by atoms with Crippen molar-refractivity contribution in [1.29, 1.82) is 0 Å². The van der Waals surface area contributed by atoms with Gasteiger partial charge in [0.05, 0.1) is 0 Å². The van der Waals surface area contributed by atoms with E-state index in [1.165, 1.54) is 18.3 Å². The van der Waals surface area contributed by atoms with E-state index in [1.54, 1.807) is 11.1 Å². The van der Waals surface area contributed by atoms with E-state index in [-0.39, 0.29) is 5.91 Å². The number of carbonyl (C=O) groups is 1. The second-order valence-electron chi connectivity index (χ2n) is 2.99. The van der Waals surface area contributed by atoms with Crippen molar-refractivity contribution in [2.75, 3.05) is 4.90 Å². The van der Waals surface area contributed by atoms with Gasteiger partial charge in [0.2, 0.25) is 5.91 Å². The van der Waals surface area contributed by atoms with Gasteiger partial charge < -0.3 is 0 Å². The van der Waals surface area contributed by atoms with Crippen LogP contribution in [0.5, 0.6) is 0 Å². The van der Waals surface area contributed by atoms with E-state index < -0.39 is 0 Å². The second-order valence-corrected chi connectivity index (χ2v) is 3.92. The SMILES string of the molecule is CC(=O)N(c1ccccn1)c1cccs1. The zero-order valence-corrected chi connectivity index (χ0v) is 9.07. The normalized spacial score (nSPS) is 9.93. The summed E-state index contributed by atoms with van der Waals surface area (Å²) in [6, 6.07) is 9.34. The Morgan fingerprint density at radius 2 is 2.20 bits per heavy atom. The number of hydrogen-bond acceptors (Lipinski definition) is 3. The molecule has 3 nitrogen and oxygen atoms in total. The lowest BCUT2D eigenvalue weighted by Gasteiger charge is -2.17. The molecule has 0 N–H and O–H groups in total. The van der Waals surface area contributed by atoms with E-state index in [1.807, 2.05) is 35.7 Å². The smallest absolute Gasteiger partial charge is 0.230 e. The highest BCUT2D eigenvalue weighted by Crippen LogP contribution is 2.27. The lowest BCUT2D eigenvalue weighted by atomic mass is 10.4. The molecule has 1 amide bonds. The first kappa shape index (κ1) is 9.86. The summed E-state index contributed by atoms with van der Waals surface area (Å²) in [6.07, 6.45) is 1.68. The highest BCUT2D eigenvalue weighted by molar-refractivity contribution is 7.14. The molecule has 76 valence electrons. The molecule has 0 bridgehead atoms. The molecule has 0 fully saturated rings. The third-order valence-electron chi connectivity index (χ3n) is 1.92. The first-order chi connectivity index (χ1) is 7.29. The van der Waals surface area contributed by atoms with Gasteiger partial charge in [-0.3, -0.25) is 9.69 Å². The molecule has 0 saturated carbocycles. The quantitative estimate of drug-likeness (QED) is 0.776. The van der Waals surface area contributed by atoms with Gasteiger partial charge in [-0.2, -0.15) is 0 Å². The molecule has 0 aliphatic heterocycles. The number of pyridine rings is 1. The van der Waals surface area contributed by atoms with Crippen LogP contribution in [0.1, 0.15) is 6.92 Å². The molecule has 2 heterocycles. The average molecular weight is 218 g/mol. The molecular formula is C11H10N2OS. The highest BCUT2D eigenvalue weighted by atomic mass is 32.1. The Bertz CT molecular complexity index is 439.